The van der Waals surface area contributed by atoms with Crippen LogP contribution in [0.25, 0.3) is 0 Å². The molecule has 2 amide bonds. The van der Waals surface area contributed by atoms with Crippen LogP contribution in [0.1, 0.15) is 40.6 Å². The van der Waals surface area contributed by atoms with Crippen LogP contribution in [-0.2, 0) is 37.3 Å². The van der Waals surface area contributed by atoms with E-state index in [1.807, 2.05) is 0 Å². The van der Waals surface area contributed by atoms with Crippen molar-refractivity contribution in [3.63, 3.8) is 0 Å². The topological polar surface area (TPSA) is 122 Å². The molecule has 1 atom stereocenters. The van der Waals surface area contributed by atoms with Crippen LogP contribution < -0.4 is 5.32 Å². The zero-order chi connectivity index (χ0) is 22.8. The van der Waals surface area contributed by atoms with Crippen molar-refractivity contribution in [3.05, 3.63) is 16.0 Å². The van der Waals surface area contributed by atoms with Crippen molar-refractivity contribution in [3.8, 4) is 0 Å². The van der Waals surface area contributed by atoms with Gasteiger partial charge in [-0.15, -0.1) is 11.3 Å². The number of hydrogen-bond donors (Lipinski definition) is 1. The third-order valence-corrected chi connectivity index (χ3v) is 7.83. The average molecular weight is 474 g/mol. The van der Waals surface area contributed by atoms with Crippen LogP contribution >= 0.6 is 11.3 Å². The van der Waals surface area contributed by atoms with Crippen LogP contribution in [0.4, 0.5) is 9.80 Å². The van der Waals surface area contributed by atoms with Gasteiger partial charge in [-0.2, -0.15) is 0 Å². The molecule has 2 aliphatic rings. The summed E-state index contributed by atoms with van der Waals surface area (Å²) in [4.78, 5) is 39.8. The predicted molar refractivity (Wildman–Crippen MR) is 115 cm³/mol. The normalized spacial score (nSPS) is 19.5. The maximum Gasteiger partial charge on any atom is 0.410 e. The number of fused-ring (bicyclic) bond motifs is 1. The number of thiophene rings is 1. The number of carbonyl (C=O) groups is 3. The number of amides is 2. The van der Waals surface area contributed by atoms with Gasteiger partial charge in [-0.25, -0.2) is 22.3 Å². The van der Waals surface area contributed by atoms with E-state index < -0.39 is 28.0 Å². The van der Waals surface area contributed by atoms with E-state index in [2.05, 4.69) is 5.32 Å². The summed E-state index contributed by atoms with van der Waals surface area (Å²) in [5.74, 6) is -1.40. The third kappa shape index (κ3) is 5.18. The Bertz CT molecular complexity index is 973. The first-order valence-corrected chi connectivity index (χ1v) is 12.7. The Hall–Kier alpha value is -2.18. The molecule has 1 unspecified atom stereocenters. The van der Waals surface area contributed by atoms with Gasteiger partial charge in [0.1, 0.15) is 5.00 Å². The summed E-state index contributed by atoms with van der Waals surface area (Å²) < 4.78 is 35.0. The zero-order valence-corrected chi connectivity index (χ0v) is 19.4. The molecule has 0 aliphatic carbocycles. The molecule has 0 spiro atoms. The first-order valence-electron chi connectivity index (χ1n) is 10.1. The van der Waals surface area contributed by atoms with Crippen LogP contribution in [0.2, 0.25) is 0 Å². The minimum absolute atomic E-state index is 0.111. The van der Waals surface area contributed by atoms with Crippen molar-refractivity contribution in [2.45, 2.75) is 32.7 Å². The first-order chi connectivity index (χ1) is 14.7. The minimum Gasteiger partial charge on any atom is -0.465 e. The molecule has 172 valence electrons. The van der Waals surface area contributed by atoms with Gasteiger partial charge in [0.2, 0.25) is 15.9 Å². The van der Waals surface area contributed by atoms with Crippen LogP contribution in [0.3, 0.4) is 0 Å². The molecule has 2 aliphatic heterocycles. The molecule has 0 aromatic carbocycles. The Morgan fingerprint density at radius 1 is 1.26 bits per heavy atom. The summed E-state index contributed by atoms with van der Waals surface area (Å²) in [6, 6.07) is 0. The largest absolute Gasteiger partial charge is 0.465 e. The van der Waals surface area contributed by atoms with E-state index in [9.17, 15) is 22.8 Å². The highest BCUT2D eigenvalue weighted by Gasteiger charge is 2.34. The molecule has 1 saturated heterocycles. The quantitative estimate of drug-likeness (QED) is 0.645. The van der Waals surface area contributed by atoms with Crippen molar-refractivity contribution in [2.24, 2.45) is 5.92 Å². The summed E-state index contributed by atoms with van der Waals surface area (Å²) in [6.07, 6.45) is 2.30. The molecule has 0 bridgehead atoms. The summed E-state index contributed by atoms with van der Waals surface area (Å²) >= 11 is 1.23. The molecule has 1 aromatic heterocycles. The number of rotatable bonds is 5. The molecule has 1 aromatic rings. The van der Waals surface area contributed by atoms with Gasteiger partial charge in [0.05, 0.1) is 38.0 Å². The van der Waals surface area contributed by atoms with Gasteiger partial charge >= 0.3 is 12.1 Å². The number of hydrogen-bond acceptors (Lipinski definition) is 8. The Balaban J connectivity index is 1.82. The lowest BCUT2D eigenvalue weighted by molar-refractivity contribution is -0.120. The van der Waals surface area contributed by atoms with Gasteiger partial charge in [0, 0.05) is 24.5 Å². The summed E-state index contributed by atoms with van der Waals surface area (Å²) in [7, 11) is -2.10. The van der Waals surface area contributed by atoms with E-state index >= 15 is 0 Å². The fraction of sp³-hybridized carbons (Fsp3) is 0.632. The predicted octanol–water partition coefficient (Wildman–Crippen LogP) is 1.66. The Morgan fingerprint density at radius 2 is 2.00 bits per heavy atom. The molecule has 12 heteroatoms. The van der Waals surface area contributed by atoms with Crippen molar-refractivity contribution in [1.82, 2.24) is 9.21 Å². The maximum absolute atomic E-state index is 12.9. The van der Waals surface area contributed by atoms with Gasteiger partial charge in [-0.1, -0.05) is 0 Å². The molecular weight excluding hydrogens is 446 g/mol. The lowest BCUT2D eigenvalue weighted by Gasteiger charge is -2.30. The van der Waals surface area contributed by atoms with Crippen LogP contribution in [-0.4, -0.2) is 75.2 Å². The molecule has 1 N–H and O–H groups in total. The second-order valence-corrected chi connectivity index (χ2v) is 10.6. The SMILES string of the molecule is CCOC(=O)N1CCc2c(sc(NC(=O)C3CCCN(S(C)(=O)=O)C3)c2C(=O)OC)C1. The molecule has 3 heterocycles. The van der Waals surface area contributed by atoms with Crippen molar-refractivity contribution < 1.29 is 32.3 Å². The van der Waals surface area contributed by atoms with E-state index in [-0.39, 0.29) is 25.6 Å². The molecule has 3 rings (SSSR count). The van der Waals surface area contributed by atoms with Crippen LogP contribution in [0, 0.1) is 5.92 Å². The van der Waals surface area contributed by atoms with E-state index in [0.29, 0.717) is 42.9 Å². The number of esters is 1. The molecule has 31 heavy (non-hydrogen) atoms. The number of nitrogens with zero attached hydrogens (tertiary/aromatic N) is 2. The van der Waals surface area contributed by atoms with Gasteiger partial charge in [-0.3, -0.25) is 4.79 Å². The van der Waals surface area contributed by atoms with E-state index in [4.69, 9.17) is 9.47 Å². The van der Waals surface area contributed by atoms with E-state index in [0.717, 1.165) is 16.7 Å². The Labute approximate surface area is 185 Å². The lowest BCUT2D eigenvalue weighted by atomic mass is 9.98. The summed E-state index contributed by atoms with van der Waals surface area (Å²) in [6.45, 7) is 3.19. The Kier molecular flexibility index (Phi) is 7.22. The van der Waals surface area contributed by atoms with Gasteiger partial charge in [0.25, 0.3) is 0 Å². The second kappa shape index (κ2) is 9.53. The number of anilines is 1. The monoisotopic (exact) mass is 473 g/mol. The van der Waals surface area contributed by atoms with Gasteiger partial charge in [-0.05, 0) is 31.7 Å². The second-order valence-electron chi connectivity index (χ2n) is 7.52. The van der Waals surface area contributed by atoms with Crippen LogP contribution in [0.15, 0.2) is 0 Å². The molecular formula is C19H27N3O7S2. The molecule has 0 saturated carbocycles. The van der Waals surface area contributed by atoms with Crippen molar-refractivity contribution >= 4 is 44.3 Å². The fourth-order valence-corrected chi connectivity index (χ4v) is 6.02. The van der Waals surface area contributed by atoms with Crippen LogP contribution in [0.5, 0.6) is 0 Å². The lowest BCUT2D eigenvalue weighted by Crippen LogP contribution is -2.43. The first kappa shape index (κ1) is 23.5. The van der Waals surface area contributed by atoms with E-state index in [1.54, 1.807) is 11.8 Å². The van der Waals surface area contributed by atoms with E-state index in [1.165, 1.54) is 22.8 Å². The molecule has 1 fully saturated rings. The summed E-state index contributed by atoms with van der Waals surface area (Å²) in [5, 5.41) is 3.18. The number of methoxy groups -OCH3 is 1. The third-order valence-electron chi connectivity index (χ3n) is 5.43. The van der Waals surface area contributed by atoms with Gasteiger partial charge in [0.15, 0.2) is 0 Å². The maximum atomic E-state index is 12.9. The number of sulfonamides is 1. The van der Waals surface area contributed by atoms with Crippen molar-refractivity contribution in [2.75, 3.05) is 44.9 Å². The highest BCUT2D eigenvalue weighted by atomic mass is 32.2. The summed E-state index contributed by atoms with van der Waals surface area (Å²) in [5.41, 5.74) is 1.06. The van der Waals surface area contributed by atoms with Crippen molar-refractivity contribution in [1.29, 1.82) is 0 Å². The van der Waals surface area contributed by atoms with Gasteiger partial charge < -0.3 is 19.7 Å². The average Bonchev–Trinajstić information content (AvgIpc) is 3.09. The number of nitrogens with one attached hydrogen (secondary N) is 1. The Morgan fingerprint density at radius 3 is 2.65 bits per heavy atom. The molecule has 0 radical (unpaired) electrons. The fourth-order valence-electron chi connectivity index (χ4n) is 3.85. The minimum atomic E-state index is -3.38. The molecule has 10 nitrogen and oxygen atoms in total. The smallest absolute Gasteiger partial charge is 0.410 e. The highest BCUT2D eigenvalue weighted by Crippen LogP contribution is 2.38. The number of ether oxygens (including phenoxy) is 2. The highest BCUT2D eigenvalue weighted by molar-refractivity contribution is 7.88. The standard InChI is InChI=1S/C19H27N3O7S2/c1-4-29-19(25)21-9-7-13-14(11-21)30-17(15(13)18(24)28-2)20-16(23)12-6-5-8-22(10-12)31(3,26)27/h12H,4-11H2,1-3H3,(H,20,23). The zero-order valence-electron chi connectivity index (χ0n) is 17.8. The number of carbonyl (C=O) groups excluding carboxylic acids is 3. The number of piperidine rings is 1.